The fourth-order valence-electron chi connectivity index (χ4n) is 1.24. The molecule has 1 aromatic heterocycles. The lowest BCUT2D eigenvalue weighted by Gasteiger charge is -2.04. The lowest BCUT2D eigenvalue weighted by Crippen LogP contribution is -2.16. The number of nitrogen functional groups attached to an aromatic ring is 1. The minimum atomic E-state index is 0.848. The highest BCUT2D eigenvalue weighted by Crippen LogP contribution is 2.17. The van der Waals surface area contributed by atoms with Gasteiger partial charge in [0.15, 0.2) is 0 Å². The highest BCUT2D eigenvalue weighted by Gasteiger charge is 1.98. The summed E-state index contributed by atoms with van der Waals surface area (Å²) in [5.41, 5.74) is 6.66. The SMILES string of the molecule is CCCOCCCNCc1sccc1N. The quantitative estimate of drug-likeness (QED) is 0.671. The van der Waals surface area contributed by atoms with E-state index in [1.54, 1.807) is 11.3 Å². The van der Waals surface area contributed by atoms with E-state index in [0.717, 1.165) is 44.8 Å². The number of hydrogen-bond donors (Lipinski definition) is 2. The summed E-state index contributed by atoms with van der Waals surface area (Å²) in [4.78, 5) is 1.23. The van der Waals surface area contributed by atoms with Crippen LogP contribution in [0.4, 0.5) is 5.69 Å². The molecular weight excluding hydrogens is 208 g/mol. The van der Waals surface area contributed by atoms with E-state index in [1.165, 1.54) is 4.88 Å². The van der Waals surface area contributed by atoms with Gasteiger partial charge in [-0.15, -0.1) is 11.3 Å². The van der Waals surface area contributed by atoms with Gasteiger partial charge in [-0.25, -0.2) is 0 Å². The maximum absolute atomic E-state index is 5.77. The molecule has 0 atom stereocenters. The van der Waals surface area contributed by atoms with Crippen molar-refractivity contribution in [1.29, 1.82) is 0 Å². The van der Waals surface area contributed by atoms with E-state index < -0.39 is 0 Å². The van der Waals surface area contributed by atoms with Crippen LogP contribution in [0.1, 0.15) is 24.6 Å². The molecule has 15 heavy (non-hydrogen) atoms. The molecule has 1 aromatic rings. The van der Waals surface area contributed by atoms with Crippen LogP contribution in [0.15, 0.2) is 11.4 Å². The summed E-state index contributed by atoms with van der Waals surface area (Å²) >= 11 is 1.70. The van der Waals surface area contributed by atoms with Crippen LogP contribution in [0.2, 0.25) is 0 Å². The van der Waals surface area contributed by atoms with E-state index >= 15 is 0 Å². The van der Waals surface area contributed by atoms with Crippen LogP contribution in [-0.4, -0.2) is 19.8 Å². The van der Waals surface area contributed by atoms with Gasteiger partial charge in [-0.05, 0) is 30.8 Å². The first-order chi connectivity index (χ1) is 7.34. The summed E-state index contributed by atoms with van der Waals surface area (Å²) < 4.78 is 5.38. The molecule has 0 bridgehead atoms. The van der Waals surface area contributed by atoms with Gasteiger partial charge in [-0.3, -0.25) is 0 Å². The van der Waals surface area contributed by atoms with Gasteiger partial charge < -0.3 is 15.8 Å². The van der Waals surface area contributed by atoms with Crippen LogP contribution in [0, 0.1) is 0 Å². The number of hydrogen-bond acceptors (Lipinski definition) is 4. The first-order valence-corrected chi connectivity index (χ1v) is 6.33. The van der Waals surface area contributed by atoms with Crippen molar-refractivity contribution in [3.05, 3.63) is 16.3 Å². The predicted molar refractivity (Wildman–Crippen MR) is 66.2 cm³/mol. The van der Waals surface area contributed by atoms with Gasteiger partial charge in [0.25, 0.3) is 0 Å². The minimum Gasteiger partial charge on any atom is -0.398 e. The summed E-state index contributed by atoms with van der Waals surface area (Å²) in [6, 6.07) is 1.95. The number of ether oxygens (including phenoxy) is 1. The molecule has 0 radical (unpaired) electrons. The number of anilines is 1. The summed E-state index contributed by atoms with van der Waals surface area (Å²) in [6.07, 6.45) is 2.16. The van der Waals surface area contributed by atoms with Crippen LogP contribution in [-0.2, 0) is 11.3 Å². The maximum Gasteiger partial charge on any atom is 0.0478 e. The molecule has 0 aliphatic rings. The molecule has 0 unspecified atom stereocenters. The van der Waals surface area contributed by atoms with Crippen molar-refractivity contribution in [2.24, 2.45) is 0 Å². The Morgan fingerprint density at radius 3 is 3.00 bits per heavy atom. The second-order valence-corrected chi connectivity index (χ2v) is 4.44. The molecule has 0 fully saturated rings. The Morgan fingerprint density at radius 1 is 1.47 bits per heavy atom. The predicted octanol–water partition coefficient (Wildman–Crippen LogP) is 2.24. The van der Waals surface area contributed by atoms with Gasteiger partial charge in [0.05, 0.1) is 0 Å². The zero-order valence-corrected chi connectivity index (χ0v) is 10.1. The third kappa shape index (κ3) is 5.16. The fourth-order valence-corrected chi connectivity index (χ4v) is 2.01. The Hall–Kier alpha value is -0.580. The van der Waals surface area contributed by atoms with Gasteiger partial charge >= 0.3 is 0 Å². The van der Waals surface area contributed by atoms with Crippen molar-refractivity contribution in [1.82, 2.24) is 5.32 Å². The monoisotopic (exact) mass is 228 g/mol. The fraction of sp³-hybridized carbons (Fsp3) is 0.636. The second-order valence-electron chi connectivity index (χ2n) is 3.44. The summed E-state index contributed by atoms with van der Waals surface area (Å²) in [5.74, 6) is 0. The van der Waals surface area contributed by atoms with Gasteiger partial charge in [0.2, 0.25) is 0 Å². The molecule has 1 heterocycles. The van der Waals surface area contributed by atoms with Crippen molar-refractivity contribution in [2.75, 3.05) is 25.5 Å². The Bertz CT molecular complexity index is 263. The molecule has 0 aliphatic carbocycles. The molecule has 0 saturated heterocycles. The van der Waals surface area contributed by atoms with E-state index in [1.807, 2.05) is 11.4 Å². The van der Waals surface area contributed by atoms with Crippen molar-refractivity contribution in [3.63, 3.8) is 0 Å². The topological polar surface area (TPSA) is 47.3 Å². The third-order valence-electron chi connectivity index (χ3n) is 2.06. The molecule has 0 amide bonds. The Labute approximate surface area is 95.6 Å². The average molecular weight is 228 g/mol. The van der Waals surface area contributed by atoms with E-state index in [4.69, 9.17) is 10.5 Å². The van der Waals surface area contributed by atoms with Crippen LogP contribution in [0.5, 0.6) is 0 Å². The summed E-state index contributed by atoms with van der Waals surface area (Å²) in [5, 5.41) is 5.38. The molecular formula is C11H20N2OS. The first-order valence-electron chi connectivity index (χ1n) is 5.45. The average Bonchev–Trinajstić information content (AvgIpc) is 2.63. The van der Waals surface area contributed by atoms with E-state index in [9.17, 15) is 0 Å². The normalized spacial score (nSPS) is 10.7. The zero-order chi connectivity index (χ0) is 10.9. The highest BCUT2D eigenvalue weighted by atomic mass is 32.1. The van der Waals surface area contributed by atoms with Crippen LogP contribution in [0.3, 0.4) is 0 Å². The molecule has 0 saturated carbocycles. The van der Waals surface area contributed by atoms with Crippen molar-refractivity contribution in [2.45, 2.75) is 26.3 Å². The van der Waals surface area contributed by atoms with Gasteiger partial charge in [0, 0.05) is 30.3 Å². The van der Waals surface area contributed by atoms with Crippen molar-refractivity contribution >= 4 is 17.0 Å². The lowest BCUT2D eigenvalue weighted by molar-refractivity contribution is 0.132. The smallest absolute Gasteiger partial charge is 0.0478 e. The van der Waals surface area contributed by atoms with Crippen molar-refractivity contribution < 1.29 is 4.74 Å². The Balaban J connectivity index is 1.96. The largest absolute Gasteiger partial charge is 0.398 e. The lowest BCUT2D eigenvalue weighted by atomic mass is 10.4. The summed E-state index contributed by atoms with van der Waals surface area (Å²) in [6.45, 7) is 5.70. The van der Waals surface area contributed by atoms with Gasteiger partial charge in [-0.2, -0.15) is 0 Å². The minimum absolute atomic E-state index is 0.848. The van der Waals surface area contributed by atoms with Crippen LogP contribution in [0.25, 0.3) is 0 Å². The van der Waals surface area contributed by atoms with Gasteiger partial charge in [-0.1, -0.05) is 6.92 Å². The zero-order valence-electron chi connectivity index (χ0n) is 9.29. The second kappa shape index (κ2) is 7.68. The summed E-state index contributed by atoms with van der Waals surface area (Å²) in [7, 11) is 0. The van der Waals surface area contributed by atoms with Crippen LogP contribution >= 0.6 is 11.3 Å². The highest BCUT2D eigenvalue weighted by molar-refractivity contribution is 7.10. The Morgan fingerprint density at radius 2 is 2.33 bits per heavy atom. The van der Waals surface area contributed by atoms with Gasteiger partial charge in [0.1, 0.15) is 0 Å². The molecule has 4 heteroatoms. The number of rotatable bonds is 8. The number of thiophene rings is 1. The molecule has 0 aliphatic heterocycles. The molecule has 0 spiro atoms. The maximum atomic E-state index is 5.77. The number of nitrogens with one attached hydrogen (secondary N) is 1. The van der Waals surface area contributed by atoms with Crippen molar-refractivity contribution in [3.8, 4) is 0 Å². The molecule has 1 rings (SSSR count). The molecule has 0 aromatic carbocycles. The molecule has 3 nitrogen and oxygen atoms in total. The Kier molecular flexibility index (Phi) is 6.39. The van der Waals surface area contributed by atoms with E-state index in [-0.39, 0.29) is 0 Å². The van der Waals surface area contributed by atoms with E-state index in [2.05, 4.69) is 12.2 Å². The third-order valence-corrected chi connectivity index (χ3v) is 2.99. The first kappa shape index (κ1) is 12.5. The molecule has 3 N–H and O–H groups in total. The van der Waals surface area contributed by atoms with E-state index in [0.29, 0.717) is 0 Å². The number of nitrogens with two attached hydrogens (primary N) is 1. The standard InChI is InChI=1S/C11H20N2OS/c1-2-6-14-7-3-5-13-9-11-10(12)4-8-15-11/h4,8,13H,2-3,5-7,9,12H2,1H3. The molecule has 86 valence electrons. The van der Waals surface area contributed by atoms with Crippen LogP contribution < -0.4 is 11.1 Å².